The van der Waals surface area contributed by atoms with E-state index in [1.54, 1.807) is 18.4 Å². The summed E-state index contributed by atoms with van der Waals surface area (Å²) in [6.07, 6.45) is 9.87. The largest absolute Gasteiger partial charge is 0.494 e. The molecule has 0 atom stereocenters. The van der Waals surface area contributed by atoms with Crippen molar-refractivity contribution in [3.63, 3.8) is 0 Å². The van der Waals surface area contributed by atoms with Crippen molar-refractivity contribution in [1.82, 2.24) is 14.9 Å². The molecule has 10 nitrogen and oxygen atoms in total. The van der Waals surface area contributed by atoms with Crippen LogP contribution in [0.15, 0.2) is 42.6 Å². The quantitative estimate of drug-likeness (QED) is 0.269. The minimum atomic E-state index is -0.461. The molecule has 48 heavy (non-hydrogen) atoms. The molecule has 0 bridgehead atoms. The van der Waals surface area contributed by atoms with E-state index in [4.69, 9.17) is 14.5 Å². The van der Waals surface area contributed by atoms with Gasteiger partial charge in [0.1, 0.15) is 12.2 Å². The number of hydrogen-bond donors (Lipinski definition) is 1. The Bertz CT molecular complexity index is 1660. The van der Waals surface area contributed by atoms with Gasteiger partial charge in [-0.2, -0.15) is 5.26 Å². The van der Waals surface area contributed by atoms with E-state index in [9.17, 15) is 20.0 Å². The van der Waals surface area contributed by atoms with Gasteiger partial charge < -0.3 is 24.4 Å². The Labute approximate surface area is 285 Å². The number of likely N-dealkylation sites (tertiary alicyclic amines) is 1. The molecule has 3 aromatic rings. The molecule has 3 saturated carbocycles. The molecule has 1 saturated heterocycles. The number of benzene rings is 1. The molecule has 252 valence electrons. The molecule has 1 aliphatic heterocycles. The van der Waals surface area contributed by atoms with E-state index >= 15 is 0 Å². The van der Waals surface area contributed by atoms with E-state index in [1.807, 2.05) is 29.3 Å². The summed E-state index contributed by atoms with van der Waals surface area (Å²) in [6, 6.07) is 14.3. The Morgan fingerprint density at radius 1 is 1.02 bits per heavy atom. The average molecular weight is 670 g/mol. The topological polar surface area (TPSA) is 129 Å². The third-order valence-electron chi connectivity index (χ3n) is 10.5. The predicted molar refractivity (Wildman–Crippen MR) is 182 cm³/mol. The molecule has 4 fully saturated rings. The van der Waals surface area contributed by atoms with Crippen molar-refractivity contribution < 1.29 is 24.2 Å². The zero-order chi connectivity index (χ0) is 33.2. The van der Waals surface area contributed by atoms with Crippen LogP contribution in [0.2, 0.25) is 0 Å². The van der Waals surface area contributed by atoms with Crippen molar-refractivity contribution in [2.75, 3.05) is 31.6 Å². The number of aromatic nitrogens is 2. The lowest BCUT2D eigenvalue weighted by molar-refractivity contribution is -0.124. The molecular weight excluding hydrogens is 627 g/mol. The number of carbonyl (C=O) groups excluding carboxylic acids is 2. The summed E-state index contributed by atoms with van der Waals surface area (Å²) >= 11 is 1.76. The summed E-state index contributed by atoms with van der Waals surface area (Å²) < 4.78 is 11.0. The van der Waals surface area contributed by atoms with Crippen LogP contribution in [0.4, 0.5) is 10.5 Å². The first-order chi connectivity index (χ1) is 23.4. The van der Waals surface area contributed by atoms with Gasteiger partial charge in [0.15, 0.2) is 11.4 Å². The van der Waals surface area contributed by atoms with Gasteiger partial charge in [-0.1, -0.05) is 12.1 Å². The molecule has 4 aliphatic rings. The highest BCUT2D eigenvalue weighted by Crippen LogP contribution is 2.44. The highest BCUT2D eigenvalue weighted by atomic mass is 32.1. The number of ether oxygens (including phenoxy) is 2. The van der Waals surface area contributed by atoms with Gasteiger partial charge in [0.25, 0.3) is 0 Å². The molecule has 3 aliphatic carbocycles. The number of nitriles is 1. The molecule has 0 radical (unpaired) electrons. The van der Waals surface area contributed by atoms with E-state index < -0.39 is 6.10 Å². The summed E-state index contributed by atoms with van der Waals surface area (Å²) in [5.74, 6) is 1.72. The summed E-state index contributed by atoms with van der Waals surface area (Å²) in [4.78, 5) is 40.8. The van der Waals surface area contributed by atoms with Gasteiger partial charge in [0.2, 0.25) is 5.91 Å². The number of methoxy groups -OCH3 is 1. The van der Waals surface area contributed by atoms with Crippen LogP contribution in [0.3, 0.4) is 0 Å². The van der Waals surface area contributed by atoms with Crippen LogP contribution in [-0.2, 0) is 9.53 Å². The van der Waals surface area contributed by atoms with Gasteiger partial charge in [-0.25, -0.2) is 14.8 Å². The zero-order valence-electron chi connectivity index (χ0n) is 27.4. The standard InChI is InChI=1S/C37H43N5O5S/c1-46-33-16-15-31(40-32(33)18-38)24-7-5-23(6-8-24)20-42(28-4-2-3-27(17-28)34-19-39-35(48-34)25-9-10-25)36(44)26-11-13-30(14-12-26)47-37(45)41-21-29(43)22-41/h2-4,15-17,19,23-26,29-30,43H,5-14,20-22H2,1H3. The first kappa shape index (κ1) is 32.5. The smallest absolute Gasteiger partial charge is 0.410 e. The fourth-order valence-electron chi connectivity index (χ4n) is 7.39. The predicted octanol–water partition coefficient (Wildman–Crippen LogP) is 6.64. The molecule has 2 aromatic heterocycles. The van der Waals surface area contributed by atoms with Gasteiger partial charge >= 0.3 is 6.09 Å². The SMILES string of the molecule is COc1ccc(C2CCC(CN(C(=O)C3CCC(OC(=O)N4CC(O)C4)CC3)c3cccc(-c4cnc(C5CC5)s4)c3)CC2)nc1C#N. The monoisotopic (exact) mass is 669 g/mol. The first-order valence-electron chi connectivity index (χ1n) is 17.3. The number of anilines is 1. The van der Waals surface area contributed by atoms with E-state index in [1.165, 1.54) is 22.7 Å². The van der Waals surface area contributed by atoms with Gasteiger partial charge in [0, 0.05) is 41.9 Å². The lowest BCUT2D eigenvalue weighted by Crippen LogP contribution is -2.54. The molecule has 2 amide bonds. The molecule has 3 heterocycles. The van der Waals surface area contributed by atoms with E-state index in [0.717, 1.165) is 47.5 Å². The summed E-state index contributed by atoms with van der Waals surface area (Å²) in [5, 5.41) is 20.3. The van der Waals surface area contributed by atoms with E-state index in [0.29, 0.717) is 68.6 Å². The molecule has 1 N–H and O–H groups in total. The van der Waals surface area contributed by atoms with Crippen LogP contribution < -0.4 is 9.64 Å². The summed E-state index contributed by atoms with van der Waals surface area (Å²) in [7, 11) is 1.55. The normalized spacial score (nSPS) is 24.3. The highest BCUT2D eigenvalue weighted by molar-refractivity contribution is 7.15. The summed E-state index contributed by atoms with van der Waals surface area (Å²) in [5.41, 5.74) is 3.26. The Balaban J connectivity index is 1.04. The third-order valence-corrected chi connectivity index (χ3v) is 11.7. The Kier molecular flexibility index (Phi) is 9.64. The number of hydrogen-bond acceptors (Lipinski definition) is 9. The maximum absolute atomic E-state index is 14.4. The number of thiazole rings is 1. The summed E-state index contributed by atoms with van der Waals surface area (Å²) in [6.45, 7) is 1.30. The van der Waals surface area contributed by atoms with Gasteiger partial charge in [-0.15, -0.1) is 11.3 Å². The number of rotatable bonds is 9. The Morgan fingerprint density at radius 2 is 1.77 bits per heavy atom. The van der Waals surface area contributed by atoms with Crippen molar-refractivity contribution >= 4 is 29.0 Å². The second kappa shape index (κ2) is 14.2. The number of pyridine rings is 1. The maximum atomic E-state index is 14.4. The van der Waals surface area contributed by atoms with E-state index in [2.05, 4.69) is 29.3 Å². The minimum absolute atomic E-state index is 0.136. The van der Waals surface area contributed by atoms with Crippen molar-refractivity contribution in [3.8, 4) is 22.3 Å². The molecular formula is C37H43N5O5S. The number of carbonyl (C=O) groups is 2. The van der Waals surface area contributed by atoms with Crippen LogP contribution in [0.1, 0.15) is 92.4 Å². The van der Waals surface area contributed by atoms with Crippen molar-refractivity contribution in [1.29, 1.82) is 5.26 Å². The van der Waals surface area contributed by atoms with E-state index in [-0.39, 0.29) is 29.9 Å². The van der Waals surface area contributed by atoms with Gasteiger partial charge in [0.05, 0.1) is 36.2 Å². The molecule has 1 aromatic carbocycles. The Hall–Kier alpha value is -4.01. The lowest BCUT2D eigenvalue weighted by Gasteiger charge is -2.38. The van der Waals surface area contributed by atoms with Crippen LogP contribution >= 0.6 is 11.3 Å². The number of nitrogens with zero attached hydrogens (tertiary/aromatic N) is 5. The van der Waals surface area contributed by atoms with Gasteiger partial charge in [-0.3, -0.25) is 4.79 Å². The highest BCUT2D eigenvalue weighted by Gasteiger charge is 2.36. The third kappa shape index (κ3) is 7.20. The van der Waals surface area contributed by atoms with Crippen molar-refractivity contribution in [3.05, 3.63) is 59.0 Å². The lowest BCUT2D eigenvalue weighted by atomic mass is 9.79. The van der Waals surface area contributed by atoms with Crippen molar-refractivity contribution in [2.45, 2.75) is 88.3 Å². The van der Waals surface area contributed by atoms with Crippen molar-refractivity contribution in [2.24, 2.45) is 11.8 Å². The second-order valence-electron chi connectivity index (χ2n) is 13.9. The number of aliphatic hydroxyl groups is 1. The molecule has 0 spiro atoms. The molecule has 7 rings (SSSR count). The van der Waals surface area contributed by atoms with Gasteiger partial charge in [-0.05, 0) is 100.0 Å². The Morgan fingerprint density at radius 3 is 2.46 bits per heavy atom. The van der Waals surface area contributed by atoms with Crippen LogP contribution in [-0.4, -0.2) is 70.9 Å². The number of amides is 2. The average Bonchev–Trinajstić information content (AvgIpc) is 3.84. The van der Waals surface area contributed by atoms with Crippen LogP contribution in [0.25, 0.3) is 10.4 Å². The minimum Gasteiger partial charge on any atom is -0.494 e. The number of aliphatic hydroxyl groups excluding tert-OH is 1. The van der Waals surface area contributed by atoms with Crippen LogP contribution in [0, 0.1) is 23.2 Å². The molecule has 0 unspecified atom stereocenters. The van der Waals surface area contributed by atoms with Crippen LogP contribution in [0.5, 0.6) is 5.75 Å². The fraction of sp³-hybridized carbons (Fsp3) is 0.541. The first-order valence-corrected chi connectivity index (χ1v) is 18.2. The fourth-order valence-corrected chi connectivity index (χ4v) is 8.48. The molecule has 11 heteroatoms. The number of β-amino-alcohol motifs (C(OH)–C–C–N with tert-alkyl or cyclic N) is 1. The second-order valence-corrected chi connectivity index (χ2v) is 14.9. The maximum Gasteiger partial charge on any atom is 0.410 e. The zero-order valence-corrected chi connectivity index (χ0v) is 28.2.